The second kappa shape index (κ2) is 13.9. The van der Waals surface area contributed by atoms with Crippen LogP contribution in [-0.2, 0) is 14.3 Å². The largest absolute Gasteiger partial charge is 0.465 e. The maximum atomic E-state index is 13.2. The van der Waals surface area contributed by atoms with Crippen LogP contribution in [0.4, 0.5) is 21.9 Å². The summed E-state index contributed by atoms with van der Waals surface area (Å²) in [5, 5.41) is 2.88. The number of carbonyl (C=O) groups excluding carboxylic acids is 4. The molecule has 0 aliphatic carbocycles. The lowest BCUT2D eigenvalue weighted by atomic mass is 10.1. The lowest BCUT2D eigenvalue weighted by Gasteiger charge is -2.36. The number of hydrogen-bond acceptors (Lipinski definition) is 7. The third-order valence-corrected chi connectivity index (χ3v) is 6.72. The summed E-state index contributed by atoms with van der Waals surface area (Å²) in [5.74, 6) is -1.13. The quantitative estimate of drug-likeness (QED) is 0.361. The first-order chi connectivity index (χ1) is 20.5. The fraction of sp³-hybridized carbons (Fsp3) is 0.333. The minimum atomic E-state index is -0.529. The normalized spacial score (nSPS) is 13.2. The molecular weight excluding hydrogens is 548 g/mol. The summed E-state index contributed by atoms with van der Waals surface area (Å²) < 4.78 is 10.5. The van der Waals surface area contributed by atoms with Crippen LogP contribution in [0.25, 0.3) is 0 Å². The Kier molecular flexibility index (Phi) is 10.0. The fourth-order valence-corrected chi connectivity index (χ4v) is 4.58. The van der Waals surface area contributed by atoms with Crippen molar-refractivity contribution in [1.82, 2.24) is 4.90 Å². The van der Waals surface area contributed by atoms with Crippen molar-refractivity contribution in [2.45, 2.75) is 33.3 Å². The van der Waals surface area contributed by atoms with Gasteiger partial charge < -0.3 is 24.6 Å². The van der Waals surface area contributed by atoms with Gasteiger partial charge in [0.25, 0.3) is 11.8 Å². The van der Waals surface area contributed by atoms with Gasteiger partial charge in [0, 0.05) is 54.4 Å². The van der Waals surface area contributed by atoms with E-state index in [1.54, 1.807) is 72.5 Å². The van der Waals surface area contributed by atoms with Crippen molar-refractivity contribution in [2.75, 3.05) is 54.4 Å². The Morgan fingerprint density at radius 1 is 0.814 bits per heavy atom. The molecule has 0 spiro atoms. The molecule has 1 aliphatic rings. The zero-order valence-electron chi connectivity index (χ0n) is 25.0. The highest BCUT2D eigenvalue weighted by atomic mass is 16.6. The number of esters is 1. The average Bonchev–Trinajstić information content (AvgIpc) is 3.00. The van der Waals surface area contributed by atoms with Crippen molar-refractivity contribution in [2.24, 2.45) is 0 Å². The van der Waals surface area contributed by atoms with E-state index in [-0.39, 0.29) is 31.1 Å². The average molecular weight is 587 g/mol. The van der Waals surface area contributed by atoms with Crippen LogP contribution < -0.4 is 15.1 Å². The molecule has 1 heterocycles. The van der Waals surface area contributed by atoms with E-state index < -0.39 is 11.6 Å². The van der Waals surface area contributed by atoms with Gasteiger partial charge >= 0.3 is 12.1 Å². The minimum Gasteiger partial charge on any atom is -0.465 e. The first kappa shape index (κ1) is 31.1. The van der Waals surface area contributed by atoms with Crippen LogP contribution in [0.2, 0.25) is 0 Å². The molecule has 1 fully saturated rings. The van der Waals surface area contributed by atoms with Crippen molar-refractivity contribution < 1.29 is 28.7 Å². The van der Waals surface area contributed by atoms with Gasteiger partial charge in [-0.05, 0) is 88.4 Å². The number of amides is 3. The third-order valence-electron chi connectivity index (χ3n) is 6.72. The fourth-order valence-electron chi connectivity index (χ4n) is 4.58. The number of anilines is 3. The van der Waals surface area contributed by atoms with Crippen molar-refractivity contribution in [3.8, 4) is 0 Å². The molecule has 0 aromatic heterocycles. The minimum absolute atomic E-state index is 0.211. The lowest BCUT2D eigenvalue weighted by Crippen LogP contribution is -2.50. The number of nitrogens with zero attached hydrogens (tertiary/aromatic N) is 3. The van der Waals surface area contributed by atoms with Gasteiger partial charge in [-0.25, -0.2) is 4.79 Å². The smallest absolute Gasteiger partial charge is 0.410 e. The summed E-state index contributed by atoms with van der Waals surface area (Å²) in [6.45, 7) is 9.68. The highest BCUT2D eigenvalue weighted by Crippen LogP contribution is 2.23. The molecule has 10 nitrogen and oxygen atoms in total. The van der Waals surface area contributed by atoms with Gasteiger partial charge in [0.05, 0.1) is 6.61 Å². The van der Waals surface area contributed by atoms with Crippen LogP contribution in [0, 0.1) is 0 Å². The molecule has 3 aromatic rings. The number of benzene rings is 3. The second-order valence-corrected chi connectivity index (χ2v) is 11.1. The first-order valence-electron chi connectivity index (χ1n) is 14.3. The Morgan fingerprint density at radius 2 is 1.44 bits per heavy atom. The molecule has 43 heavy (non-hydrogen) atoms. The molecule has 0 unspecified atom stereocenters. The summed E-state index contributed by atoms with van der Waals surface area (Å²) >= 11 is 0. The van der Waals surface area contributed by atoms with Crippen molar-refractivity contribution in [1.29, 1.82) is 0 Å². The van der Waals surface area contributed by atoms with E-state index in [4.69, 9.17) is 9.47 Å². The van der Waals surface area contributed by atoms with E-state index in [9.17, 15) is 19.2 Å². The van der Waals surface area contributed by atoms with E-state index in [1.807, 2.05) is 39.0 Å². The monoisotopic (exact) mass is 586 g/mol. The molecule has 3 amide bonds. The first-order valence-corrected chi connectivity index (χ1v) is 14.3. The van der Waals surface area contributed by atoms with Crippen molar-refractivity contribution in [3.05, 3.63) is 90.0 Å². The van der Waals surface area contributed by atoms with Gasteiger partial charge in [-0.1, -0.05) is 18.2 Å². The summed E-state index contributed by atoms with van der Waals surface area (Å²) in [5.41, 5.74) is 2.41. The topological polar surface area (TPSA) is 108 Å². The SMILES string of the molecule is CCOC(=O)CN(C(=O)c1ccccc1)c1ccc(NC(=O)c2ccc(N3CCN(C(=O)OC(C)(C)C)CC3)cc2)cc1. The Balaban J connectivity index is 1.36. The maximum Gasteiger partial charge on any atom is 0.410 e. The van der Waals surface area contributed by atoms with Crippen LogP contribution >= 0.6 is 0 Å². The number of rotatable bonds is 8. The van der Waals surface area contributed by atoms with Crippen LogP contribution in [0.1, 0.15) is 48.4 Å². The second-order valence-electron chi connectivity index (χ2n) is 11.1. The van der Waals surface area contributed by atoms with Gasteiger partial charge in [-0.15, -0.1) is 0 Å². The number of ether oxygens (including phenoxy) is 2. The molecule has 1 saturated heterocycles. The number of nitrogens with one attached hydrogen (secondary N) is 1. The molecule has 10 heteroatoms. The molecule has 0 radical (unpaired) electrons. The number of carbonyl (C=O) groups is 4. The van der Waals surface area contributed by atoms with Crippen molar-refractivity contribution in [3.63, 3.8) is 0 Å². The summed E-state index contributed by atoms with van der Waals surface area (Å²) in [7, 11) is 0. The maximum absolute atomic E-state index is 13.2. The van der Waals surface area contributed by atoms with Gasteiger partial charge in [0.1, 0.15) is 12.1 Å². The molecular formula is C33H38N4O6. The Morgan fingerprint density at radius 3 is 2.02 bits per heavy atom. The predicted molar refractivity (Wildman–Crippen MR) is 166 cm³/mol. The van der Waals surface area contributed by atoms with E-state index in [0.717, 1.165) is 5.69 Å². The van der Waals surface area contributed by atoms with Gasteiger partial charge in [-0.2, -0.15) is 0 Å². The van der Waals surface area contributed by atoms with E-state index in [2.05, 4.69) is 10.2 Å². The molecule has 0 saturated carbocycles. The Bertz CT molecular complexity index is 1410. The summed E-state index contributed by atoms with van der Waals surface area (Å²) in [6, 6.07) is 22.7. The number of piperazine rings is 1. The molecule has 226 valence electrons. The van der Waals surface area contributed by atoms with Gasteiger partial charge in [0.15, 0.2) is 0 Å². The summed E-state index contributed by atoms with van der Waals surface area (Å²) in [4.78, 5) is 56.0. The summed E-state index contributed by atoms with van der Waals surface area (Å²) in [6.07, 6.45) is -0.304. The molecule has 0 atom stereocenters. The molecule has 4 rings (SSSR count). The molecule has 1 N–H and O–H groups in total. The van der Waals surface area contributed by atoms with Crippen LogP contribution in [0.5, 0.6) is 0 Å². The zero-order chi connectivity index (χ0) is 31.0. The highest BCUT2D eigenvalue weighted by molar-refractivity contribution is 6.08. The Labute approximate surface area is 252 Å². The Hall–Kier alpha value is -4.86. The van der Waals surface area contributed by atoms with E-state index in [1.165, 1.54) is 4.90 Å². The van der Waals surface area contributed by atoms with Crippen LogP contribution in [0.15, 0.2) is 78.9 Å². The van der Waals surface area contributed by atoms with Gasteiger partial charge in [-0.3, -0.25) is 19.3 Å². The molecule has 3 aromatic carbocycles. The van der Waals surface area contributed by atoms with Crippen LogP contribution in [-0.4, -0.2) is 73.7 Å². The molecule has 0 bridgehead atoms. The zero-order valence-corrected chi connectivity index (χ0v) is 25.0. The number of hydrogen-bond donors (Lipinski definition) is 1. The van der Waals surface area contributed by atoms with E-state index in [0.29, 0.717) is 48.7 Å². The molecule has 1 aliphatic heterocycles. The van der Waals surface area contributed by atoms with Crippen molar-refractivity contribution >= 4 is 40.9 Å². The third kappa shape index (κ3) is 8.57. The predicted octanol–water partition coefficient (Wildman–Crippen LogP) is 5.21. The lowest BCUT2D eigenvalue weighted by molar-refractivity contribution is -0.141. The van der Waals surface area contributed by atoms with E-state index >= 15 is 0 Å². The van der Waals surface area contributed by atoms with Gasteiger partial charge in [0.2, 0.25) is 0 Å². The van der Waals surface area contributed by atoms with Crippen LogP contribution in [0.3, 0.4) is 0 Å². The highest BCUT2D eigenvalue weighted by Gasteiger charge is 2.26. The standard InChI is InChI=1S/C33H38N4O6/c1-5-42-29(38)23-37(31(40)25-9-7-6-8-10-25)28-17-13-26(14-18-28)34-30(39)24-11-15-27(16-12-24)35-19-21-36(22-20-35)32(41)43-33(2,3)4/h6-18H,5,19-23H2,1-4H3,(H,34,39).